The van der Waals surface area contributed by atoms with Crippen LogP contribution >= 0.6 is 0 Å². The molecule has 0 aromatic heterocycles. The number of aliphatic hydroxyl groups is 6. The van der Waals surface area contributed by atoms with Gasteiger partial charge in [-0.1, -0.05) is 355 Å². The van der Waals surface area contributed by atoms with E-state index in [0.717, 1.165) is 122 Å². The first-order chi connectivity index (χ1) is 46.7. The van der Waals surface area contributed by atoms with E-state index in [1.165, 1.54) is 199 Å². The topological polar surface area (TPSA) is 179 Å². The van der Waals surface area contributed by atoms with Gasteiger partial charge in [0.2, 0.25) is 5.91 Å². The van der Waals surface area contributed by atoms with Gasteiger partial charge in [-0.25, -0.2) is 9.28 Å². The van der Waals surface area contributed by atoms with E-state index in [-0.39, 0.29) is 54.9 Å². The molecule has 0 aliphatic carbocycles. The summed E-state index contributed by atoms with van der Waals surface area (Å²) in [7, 11) is 0. The predicted molar refractivity (Wildman–Crippen MR) is 411 cm³/mol. The number of carbonyl (C=O) groups excluding carboxylic acids is 3. The fraction of sp³-hybridized carbons (Fsp3) is 0.893. The Balaban J connectivity index is 0. The average molecular weight is 1360 g/mol. The van der Waals surface area contributed by atoms with Gasteiger partial charge in [-0.15, -0.1) is 0 Å². The predicted octanol–water partition coefficient (Wildman–Crippen LogP) is 20.9. The number of allylic oxidation sites excluding steroid dienone is 3. The maximum Gasteiger partial charge on any atom is 0.318 e. The van der Waals surface area contributed by atoms with Crippen molar-refractivity contribution in [1.82, 2.24) is 9.80 Å². The van der Waals surface area contributed by atoms with Crippen LogP contribution in [0.2, 0.25) is 0 Å². The smallest absolute Gasteiger partial charge is 0.318 e. The van der Waals surface area contributed by atoms with E-state index < -0.39 is 37.1 Å². The lowest BCUT2D eigenvalue weighted by atomic mass is 9.86. The van der Waals surface area contributed by atoms with E-state index >= 15 is 9.59 Å². The van der Waals surface area contributed by atoms with Gasteiger partial charge in [0.25, 0.3) is 5.91 Å². The van der Waals surface area contributed by atoms with Crippen molar-refractivity contribution in [2.45, 2.75) is 420 Å². The molecule has 0 aromatic rings. The number of amides is 3. The van der Waals surface area contributed by atoms with Crippen LogP contribution in [0.25, 0.3) is 0 Å². The van der Waals surface area contributed by atoms with E-state index in [0.29, 0.717) is 38.4 Å². The number of quaternary nitrogens is 1. The summed E-state index contributed by atoms with van der Waals surface area (Å²) in [6, 6.07) is 0. The molecule has 0 saturated heterocycles. The molecule has 12 heteroatoms. The van der Waals surface area contributed by atoms with Gasteiger partial charge in [0, 0.05) is 45.9 Å². The van der Waals surface area contributed by atoms with Crippen LogP contribution in [-0.2, 0) is 14.4 Å². The fourth-order valence-electron chi connectivity index (χ4n) is 13.6. The Morgan fingerprint density at radius 1 is 0.375 bits per heavy atom. The first-order valence-electron chi connectivity index (χ1n) is 41.5. The zero-order chi connectivity index (χ0) is 71.3. The lowest BCUT2D eigenvalue weighted by Gasteiger charge is -2.50. The highest BCUT2D eigenvalue weighted by atomic mass is 16.3. The second-order valence-corrected chi connectivity index (χ2v) is 29.3. The molecule has 568 valence electrons. The molecule has 0 spiro atoms. The van der Waals surface area contributed by atoms with Crippen molar-refractivity contribution in [3.05, 3.63) is 36.5 Å². The molecule has 0 aliphatic heterocycles. The quantitative estimate of drug-likeness (QED) is 0.0196. The number of nitrogens with zero attached hydrogens (tertiary/aromatic N) is 3. The number of unbranched alkanes of at least 4 members (excludes halogenated alkanes) is 42. The second kappa shape index (κ2) is 71.0. The molecule has 12 nitrogen and oxygen atoms in total. The van der Waals surface area contributed by atoms with E-state index in [1.54, 1.807) is 9.80 Å². The van der Waals surface area contributed by atoms with E-state index in [9.17, 15) is 35.4 Å². The largest absolute Gasteiger partial charge is 0.394 e. The van der Waals surface area contributed by atoms with Crippen LogP contribution in [0.1, 0.15) is 396 Å². The first kappa shape index (κ1) is 95.6. The van der Waals surface area contributed by atoms with Gasteiger partial charge >= 0.3 is 5.91 Å². The van der Waals surface area contributed by atoms with E-state index in [1.807, 2.05) is 19.1 Å². The van der Waals surface area contributed by atoms with Gasteiger partial charge in [0.15, 0.2) is 5.54 Å². The minimum absolute atomic E-state index is 0.0178. The third-order valence-electron chi connectivity index (χ3n) is 20.3. The molecule has 0 heterocycles. The molecule has 6 unspecified atom stereocenters. The standard InChI is InChI=1S/C57H111N2O6.C27H53NO3/c1-6-10-14-18-21-23-25-27-29-31-33-35-39-43-47-58(49-53(62)51-60)56(65)57(5,46-42-38-20-16-12-8-3)59(50-54(63)52-61,55(64)45-41-37-17-13-9-4)48-44-40-36-34-32-30-28-26-24-22-19-15-11-7-2;1-4-7-9-11-12-13-14-15-17-18-20-25(6-3)22-28(23-26(30)24-29)27(31)21-19-16-10-8-5-2/h37-38,41-42,53-54,60-63H,6-36,39-40,43-52H2,1-5H3;16,19,25-26,29-30H,4-15,17-18,20-24H2,1-3H3/q+1;. The molecular formula is C84H164N3O9+. The van der Waals surface area contributed by atoms with E-state index in [4.69, 9.17) is 0 Å². The number of carbonyl (C=O) groups is 3. The van der Waals surface area contributed by atoms with Gasteiger partial charge in [-0.05, 0) is 57.3 Å². The molecule has 6 atom stereocenters. The van der Waals surface area contributed by atoms with Crippen LogP contribution in [0.3, 0.4) is 0 Å². The van der Waals surface area contributed by atoms with Crippen LogP contribution in [0.15, 0.2) is 36.5 Å². The van der Waals surface area contributed by atoms with Crippen LogP contribution in [0, 0.1) is 5.92 Å². The number of hydrogen-bond acceptors (Lipinski definition) is 9. The van der Waals surface area contributed by atoms with Crippen molar-refractivity contribution < 1.29 is 49.5 Å². The van der Waals surface area contributed by atoms with Crippen LogP contribution in [0.5, 0.6) is 0 Å². The summed E-state index contributed by atoms with van der Waals surface area (Å²) in [5.74, 6) is 0.181. The summed E-state index contributed by atoms with van der Waals surface area (Å²) in [5, 5.41) is 61.7. The summed E-state index contributed by atoms with van der Waals surface area (Å²) in [6.45, 7) is 17.8. The first-order valence-corrected chi connectivity index (χ1v) is 41.5. The van der Waals surface area contributed by atoms with Gasteiger partial charge in [0.05, 0.1) is 45.0 Å². The normalized spacial score (nSPS) is 14.4. The molecule has 0 aliphatic rings. The maximum atomic E-state index is 15.5. The molecule has 3 amide bonds. The molecule has 0 bridgehead atoms. The maximum absolute atomic E-state index is 15.5. The lowest BCUT2D eigenvalue weighted by molar-refractivity contribution is -0.898. The zero-order valence-electron chi connectivity index (χ0n) is 64.9. The Bertz CT molecular complexity index is 1780. The molecule has 0 fully saturated rings. The fourth-order valence-corrected chi connectivity index (χ4v) is 13.6. The summed E-state index contributed by atoms with van der Waals surface area (Å²) in [6.07, 6.45) is 70.2. The molecule has 0 radical (unpaired) electrons. The molecule has 96 heavy (non-hydrogen) atoms. The van der Waals surface area contributed by atoms with Crippen LogP contribution in [0.4, 0.5) is 0 Å². The number of hydrogen-bond donors (Lipinski definition) is 6. The highest BCUT2D eigenvalue weighted by molar-refractivity contribution is 5.88. The molecular weight excluding hydrogens is 1190 g/mol. The van der Waals surface area contributed by atoms with Crippen LogP contribution < -0.4 is 0 Å². The van der Waals surface area contributed by atoms with E-state index in [2.05, 4.69) is 72.8 Å². The Kier molecular flexibility index (Phi) is 70.7. The highest BCUT2D eigenvalue weighted by Crippen LogP contribution is 2.36. The van der Waals surface area contributed by atoms with Crippen LogP contribution in [-0.4, -0.2) is 146 Å². The highest BCUT2D eigenvalue weighted by Gasteiger charge is 2.58. The summed E-state index contributed by atoms with van der Waals surface area (Å²) in [4.78, 5) is 46.8. The minimum atomic E-state index is -1.31. The summed E-state index contributed by atoms with van der Waals surface area (Å²) < 4.78 is -0.256. The Labute approximate surface area is 595 Å². The second-order valence-electron chi connectivity index (χ2n) is 29.3. The van der Waals surface area contributed by atoms with Crippen molar-refractivity contribution in [1.29, 1.82) is 0 Å². The number of aliphatic hydroxyl groups excluding tert-OH is 6. The Morgan fingerprint density at radius 3 is 1.12 bits per heavy atom. The van der Waals surface area contributed by atoms with Gasteiger partial charge in [-0.2, -0.15) is 0 Å². The Morgan fingerprint density at radius 2 is 0.719 bits per heavy atom. The molecule has 6 N–H and O–H groups in total. The third kappa shape index (κ3) is 52.5. The van der Waals surface area contributed by atoms with Crippen molar-refractivity contribution in [3.63, 3.8) is 0 Å². The summed E-state index contributed by atoms with van der Waals surface area (Å²) >= 11 is 0. The lowest BCUT2D eigenvalue weighted by Crippen LogP contribution is -2.73. The van der Waals surface area contributed by atoms with Gasteiger partial charge < -0.3 is 40.4 Å². The third-order valence-corrected chi connectivity index (χ3v) is 20.3. The van der Waals surface area contributed by atoms with Crippen molar-refractivity contribution >= 4 is 17.7 Å². The minimum Gasteiger partial charge on any atom is -0.394 e. The zero-order valence-corrected chi connectivity index (χ0v) is 64.9. The van der Waals surface area contributed by atoms with Crippen molar-refractivity contribution in [3.8, 4) is 0 Å². The Hall–Kier alpha value is -2.45. The number of rotatable bonds is 71. The van der Waals surface area contributed by atoms with Gasteiger partial charge in [0.1, 0.15) is 12.6 Å². The molecule has 0 rings (SSSR count). The summed E-state index contributed by atoms with van der Waals surface area (Å²) in [5.41, 5.74) is -1.31. The molecule has 0 saturated carbocycles. The van der Waals surface area contributed by atoms with Crippen molar-refractivity contribution in [2.75, 3.05) is 59.1 Å². The van der Waals surface area contributed by atoms with Crippen molar-refractivity contribution in [2.24, 2.45) is 5.92 Å². The average Bonchev–Trinajstić information content (AvgIpc) is 0.744. The monoisotopic (exact) mass is 1360 g/mol. The van der Waals surface area contributed by atoms with Gasteiger partial charge in [-0.3, -0.25) is 9.59 Å². The SMILES string of the molecule is CCCCC=CCC(=O)N(CC(O)CO)CC(CC)CCCCCCCCCCCC.CCCCC=CCC(=O)[N+](CCCCCCCCCCCCCCCC)(CC(O)CO)C(C)(CC=CCCCCC)C(=O)N(CCCCCCCCCCCCCCCC)CC(O)CO. The molecule has 0 aromatic carbocycles.